The van der Waals surface area contributed by atoms with Crippen molar-refractivity contribution in [3.8, 4) is 5.69 Å². The number of hydrogen-bond donors (Lipinski definition) is 1. The van der Waals surface area contributed by atoms with Crippen LogP contribution in [0.25, 0.3) is 16.7 Å². The Morgan fingerprint density at radius 3 is 2.56 bits per heavy atom. The smallest absolute Gasteiger partial charge is 0.182 e. The van der Waals surface area contributed by atoms with E-state index in [1.165, 1.54) is 0 Å². The number of benzene rings is 2. The fraction of sp³-hybridized carbons (Fsp3) is 0. The molecule has 0 aliphatic carbocycles. The highest BCUT2D eigenvalue weighted by molar-refractivity contribution is 9.10. The Bertz CT molecular complexity index is 789. The number of hydrogen-bond acceptors (Lipinski definition) is 1. The first-order valence-corrected chi connectivity index (χ1v) is 7.31. The first kappa shape index (κ1) is 12.1. The second-order valence-electron chi connectivity index (χ2n) is 3.91. The lowest BCUT2D eigenvalue weighted by Gasteiger charge is -2.05. The summed E-state index contributed by atoms with van der Waals surface area (Å²) in [5.74, 6) is 0. The molecule has 1 N–H and O–H groups in total. The van der Waals surface area contributed by atoms with Crippen LogP contribution in [-0.2, 0) is 0 Å². The van der Waals surface area contributed by atoms with Gasteiger partial charge in [0.2, 0.25) is 0 Å². The van der Waals surface area contributed by atoms with Crippen LogP contribution in [0.2, 0.25) is 0 Å². The third-order valence-electron chi connectivity index (χ3n) is 2.71. The first-order chi connectivity index (χ1) is 8.65. The Labute approximate surface area is 126 Å². The molecule has 18 heavy (non-hydrogen) atoms. The molecule has 0 fully saturated rings. The molecule has 90 valence electrons. The van der Waals surface area contributed by atoms with Gasteiger partial charge in [-0.15, -0.1) is 0 Å². The minimum atomic E-state index is 0.696. The summed E-state index contributed by atoms with van der Waals surface area (Å²) in [6.45, 7) is 0. The van der Waals surface area contributed by atoms with Crippen molar-refractivity contribution in [2.75, 3.05) is 0 Å². The van der Waals surface area contributed by atoms with Crippen LogP contribution >= 0.6 is 44.1 Å². The lowest BCUT2D eigenvalue weighted by atomic mass is 10.3. The zero-order chi connectivity index (χ0) is 12.7. The minimum Gasteiger partial charge on any atom is -0.330 e. The van der Waals surface area contributed by atoms with E-state index in [9.17, 15) is 0 Å². The van der Waals surface area contributed by atoms with Gasteiger partial charge in [0.15, 0.2) is 4.77 Å². The van der Waals surface area contributed by atoms with Crippen LogP contribution in [0, 0.1) is 4.77 Å². The summed E-state index contributed by atoms with van der Waals surface area (Å²) in [5.41, 5.74) is 3.13. The van der Waals surface area contributed by atoms with Gasteiger partial charge in [0, 0.05) is 14.6 Å². The fourth-order valence-corrected chi connectivity index (χ4v) is 3.00. The standard InChI is InChI=1S/C13H8Br2N2S/c14-8-2-1-3-10(6-8)17-12-7-9(15)4-5-11(12)16-13(17)18/h1-7H,(H,16,18). The van der Waals surface area contributed by atoms with E-state index in [-0.39, 0.29) is 0 Å². The van der Waals surface area contributed by atoms with Crippen molar-refractivity contribution < 1.29 is 0 Å². The van der Waals surface area contributed by atoms with Gasteiger partial charge in [-0.05, 0) is 48.6 Å². The number of nitrogens with one attached hydrogen (secondary N) is 1. The monoisotopic (exact) mass is 382 g/mol. The third kappa shape index (κ3) is 2.06. The summed E-state index contributed by atoms with van der Waals surface area (Å²) in [7, 11) is 0. The summed E-state index contributed by atoms with van der Waals surface area (Å²) < 4.78 is 4.79. The maximum atomic E-state index is 5.40. The number of nitrogens with zero attached hydrogens (tertiary/aromatic N) is 1. The Balaban J connectivity index is 2.38. The molecule has 0 bridgehead atoms. The zero-order valence-corrected chi connectivity index (χ0v) is 13.1. The van der Waals surface area contributed by atoms with E-state index in [0.29, 0.717) is 4.77 Å². The van der Waals surface area contributed by atoms with Crippen molar-refractivity contribution in [1.29, 1.82) is 0 Å². The Morgan fingerprint density at radius 2 is 1.78 bits per heavy atom. The molecule has 1 heterocycles. The van der Waals surface area contributed by atoms with Gasteiger partial charge in [0.1, 0.15) is 0 Å². The quantitative estimate of drug-likeness (QED) is 0.571. The highest BCUT2D eigenvalue weighted by Gasteiger charge is 2.07. The lowest BCUT2D eigenvalue weighted by molar-refractivity contribution is 1.06. The van der Waals surface area contributed by atoms with Crippen molar-refractivity contribution in [2.24, 2.45) is 0 Å². The molecule has 1 aromatic heterocycles. The normalized spacial score (nSPS) is 11.0. The molecule has 0 amide bonds. The molecule has 0 atom stereocenters. The highest BCUT2D eigenvalue weighted by atomic mass is 79.9. The van der Waals surface area contributed by atoms with Crippen molar-refractivity contribution in [3.05, 3.63) is 56.2 Å². The molecule has 0 saturated heterocycles. The van der Waals surface area contributed by atoms with E-state index >= 15 is 0 Å². The van der Waals surface area contributed by atoms with E-state index in [4.69, 9.17) is 12.2 Å². The lowest BCUT2D eigenvalue weighted by Crippen LogP contribution is -1.93. The van der Waals surface area contributed by atoms with Crippen LogP contribution in [0.15, 0.2) is 51.4 Å². The Morgan fingerprint density at radius 1 is 1.00 bits per heavy atom. The van der Waals surface area contributed by atoms with E-state index in [0.717, 1.165) is 25.7 Å². The highest BCUT2D eigenvalue weighted by Crippen LogP contribution is 2.24. The summed E-state index contributed by atoms with van der Waals surface area (Å²) in [6, 6.07) is 14.2. The number of aromatic nitrogens is 2. The van der Waals surface area contributed by atoms with Crippen molar-refractivity contribution in [3.63, 3.8) is 0 Å². The predicted octanol–water partition coefficient (Wildman–Crippen LogP) is 5.21. The van der Waals surface area contributed by atoms with Crippen LogP contribution in [-0.4, -0.2) is 9.55 Å². The largest absolute Gasteiger partial charge is 0.330 e. The van der Waals surface area contributed by atoms with E-state index in [1.54, 1.807) is 0 Å². The Kier molecular flexibility index (Phi) is 3.13. The second-order valence-corrected chi connectivity index (χ2v) is 6.12. The molecule has 3 aromatic rings. The van der Waals surface area contributed by atoms with Crippen LogP contribution in [0.4, 0.5) is 0 Å². The second kappa shape index (κ2) is 4.64. The molecule has 2 nitrogen and oxygen atoms in total. The molecule has 0 saturated carbocycles. The molecule has 2 aromatic carbocycles. The van der Waals surface area contributed by atoms with E-state index in [1.807, 2.05) is 41.0 Å². The van der Waals surface area contributed by atoms with Gasteiger partial charge >= 0.3 is 0 Å². The molecular formula is C13H8Br2N2S. The number of aromatic amines is 1. The maximum absolute atomic E-state index is 5.40. The van der Waals surface area contributed by atoms with Gasteiger partial charge in [-0.3, -0.25) is 4.57 Å². The van der Waals surface area contributed by atoms with Crippen LogP contribution in [0.5, 0.6) is 0 Å². The summed E-state index contributed by atoms with van der Waals surface area (Å²) in [5, 5.41) is 0. The van der Waals surface area contributed by atoms with E-state index in [2.05, 4.69) is 42.9 Å². The average Bonchev–Trinajstić information content (AvgIpc) is 2.64. The summed E-state index contributed by atoms with van der Waals surface area (Å²) in [6.07, 6.45) is 0. The molecule has 0 aliphatic heterocycles. The number of rotatable bonds is 1. The third-order valence-corrected chi connectivity index (χ3v) is 3.98. The maximum Gasteiger partial charge on any atom is 0.182 e. The van der Waals surface area contributed by atoms with Crippen molar-refractivity contribution in [2.45, 2.75) is 0 Å². The summed E-state index contributed by atoms with van der Waals surface area (Å²) in [4.78, 5) is 3.21. The van der Waals surface area contributed by atoms with Gasteiger partial charge in [0.25, 0.3) is 0 Å². The molecular weight excluding hydrogens is 376 g/mol. The number of H-pyrrole nitrogens is 1. The van der Waals surface area contributed by atoms with Gasteiger partial charge in [-0.25, -0.2) is 0 Å². The zero-order valence-electron chi connectivity index (χ0n) is 9.15. The molecule has 0 unspecified atom stereocenters. The Hall–Kier alpha value is -0.910. The number of halogens is 2. The number of imidazole rings is 1. The molecule has 0 radical (unpaired) electrons. The van der Waals surface area contributed by atoms with Gasteiger partial charge in [0.05, 0.1) is 11.0 Å². The fourth-order valence-electron chi connectivity index (χ4n) is 1.95. The van der Waals surface area contributed by atoms with Crippen LogP contribution < -0.4 is 0 Å². The van der Waals surface area contributed by atoms with Gasteiger partial charge in [-0.1, -0.05) is 37.9 Å². The van der Waals surface area contributed by atoms with Crippen LogP contribution in [0.3, 0.4) is 0 Å². The SMILES string of the molecule is S=c1[nH]c2ccc(Br)cc2n1-c1cccc(Br)c1. The molecule has 3 rings (SSSR count). The van der Waals surface area contributed by atoms with Crippen LogP contribution in [0.1, 0.15) is 0 Å². The first-order valence-electron chi connectivity index (χ1n) is 5.31. The average molecular weight is 384 g/mol. The predicted molar refractivity (Wildman–Crippen MR) is 83.9 cm³/mol. The summed E-state index contributed by atoms with van der Waals surface area (Å²) >= 11 is 12.4. The molecule has 0 spiro atoms. The minimum absolute atomic E-state index is 0.696. The van der Waals surface area contributed by atoms with Gasteiger partial charge in [-0.2, -0.15) is 0 Å². The van der Waals surface area contributed by atoms with Gasteiger partial charge < -0.3 is 4.98 Å². The van der Waals surface area contributed by atoms with Crippen molar-refractivity contribution in [1.82, 2.24) is 9.55 Å². The molecule has 5 heteroatoms. The topological polar surface area (TPSA) is 20.7 Å². The number of fused-ring (bicyclic) bond motifs is 1. The van der Waals surface area contributed by atoms with E-state index < -0.39 is 0 Å². The van der Waals surface area contributed by atoms with Crippen molar-refractivity contribution >= 4 is 55.1 Å². The molecule has 0 aliphatic rings.